The first-order valence-corrected chi connectivity index (χ1v) is 7.91. The highest BCUT2D eigenvalue weighted by molar-refractivity contribution is 9.10. The molecule has 108 valence electrons. The second kappa shape index (κ2) is 6.90. The lowest BCUT2D eigenvalue weighted by atomic mass is 10.2. The van der Waals surface area contributed by atoms with Gasteiger partial charge in [0.15, 0.2) is 0 Å². The van der Waals surface area contributed by atoms with Crippen LogP contribution >= 0.6 is 28.3 Å². The predicted octanol–water partition coefficient (Wildman–Crippen LogP) is 1.30. The monoisotopic (exact) mass is 370 g/mol. The van der Waals surface area contributed by atoms with E-state index in [0.717, 1.165) is 16.5 Å². The molecular weight excluding hydrogens is 356 g/mol. The van der Waals surface area contributed by atoms with Gasteiger partial charge in [-0.2, -0.15) is 0 Å². The average Bonchev–Trinajstić information content (AvgIpc) is 2.75. The Bertz CT molecular complexity index is 551. The van der Waals surface area contributed by atoms with Crippen molar-refractivity contribution in [2.75, 3.05) is 26.7 Å². The Morgan fingerprint density at radius 3 is 2.79 bits per heavy atom. The summed E-state index contributed by atoms with van der Waals surface area (Å²) in [5.41, 5.74) is 0.929. The van der Waals surface area contributed by atoms with E-state index in [1.165, 1.54) is 0 Å². The molecule has 8 heteroatoms. The molecule has 0 amide bonds. The van der Waals surface area contributed by atoms with Gasteiger partial charge in [-0.1, -0.05) is 15.9 Å². The van der Waals surface area contributed by atoms with Gasteiger partial charge in [-0.05, 0) is 19.2 Å². The lowest BCUT2D eigenvalue weighted by molar-refractivity contribution is 0.348. The Balaban J connectivity index is 0.00000180. The topological polar surface area (TPSA) is 67.4 Å². The number of rotatable bonds is 5. The van der Waals surface area contributed by atoms with Gasteiger partial charge in [-0.3, -0.25) is 0 Å². The molecule has 0 bridgehead atoms. The van der Waals surface area contributed by atoms with Crippen molar-refractivity contribution >= 4 is 38.4 Å². The highest BCUT2D eigenvalue weighted by Crippen LogP contribution is 2.35. The minimum absolute atomic E-state index is 0. The van der Waals surface area contributed by atoms with Crippen LogP contribution in [-0.4, -0.2) is 35.2 Å². The summed E-state index contributed by atoms with van der Waals surface area (Å²) in [5, 5.41) is 2.89. The van der Waals surface area contributed by atoms with E-state index in [-0.39, 0.29) is 17.3 Å². The Morgan fingerprint density at radius 2 is 2.11 bits per heavy atom. The fourth-order valence-corrected chi connectivity index (χ4v) is 3.72. The van der Waals surface area contributed by atoms with E-state index in [2.05, 4.69) is 26.0 Å². The number of hydrogen-bond donors (Lipinski definition) is 2. The third-order valence-electron chi connectivity index (χ3n) is 2.67. The molecule has 2 N–H and O–H groups in total. The Hall–Kier alpha value is -0.340. The molecule has 19 heavy (non-hydrogen) atoms. The number of likely N-dealkylation sites (N-methyl/N-ethyl adjacent to an activating group) is 1. The minimum Gasteiger partial charge on any atom is -0.492 e. The minimum atomic E-state index is -3.53. The summed E-state index contributed by atoms with van der Waals surface area (Å²) in [7, 11) is -1.75. The van der Waals surface area contributed by atoms with Gasteiger partial charge < -0.3 is 10.1 Å². The number of nitrogens with one attached hydrogen (secondary N) is 2. The SMILES string of the molecule is CNCCNS(=O)(=O)c1cc(Br)cc2c1OCC2.Cl. The fraction of sp³-hybridized carbons (Fsp3) is 0.455. The number of sulfonamides is 1. The van der Waals surface area contributed by atoms with Crippen molar-refractivity contribution in [1.29, 1.82) is 0 Å². The zero-order valence-corrected chi connectivity index (χ0v) is 13.6. The van der Waals surface area contributed by atoms with E-state index in [0.29, 0.717) is 25.4 Å². The summed E-state index contributed by atoms with van der Waals surface area (Å²) in [4.78, 5) is 0.209. The van der Waals surface area contributed by atoms with Crippen molar-refractivity contribution in [2.45, 2.75) is 11.3 Å². The van der Waals surface area contributed by atoms with E-state index in [1.54, 1.807) is 13.1 Å². The maximum atomic E-state index is 12.2. The summed E-state index contributed by atoms with van der Waals surface area (Å²) in [5.74, 6) is 0.482. The van der Waals surface area contributed by atoms with Crippen LogP contribution in [0.25, 0.3) is 0 Å². The molecule has 0 atom stereocenters. The number of halogens is 2. The maximum absolute atomic E-state index is 12.2. The molecular formula is C11H16BrClN2O3S. The molecule has 0 spiro atoms. The van der Waals surface area contributed by atoms with Crippen molar-refractivity contribution in [3.63, 3.8) is 0 Å². The fourth-order valence-electron chi connectivity index (χ4n) is 1.82. The van der Waals surface area contributed by atoms with E-state index >= 15 is 0 Å². The van der Waals surface area contributed by atoms with Gasteiger partial charge in [0, 0.05) is 29.5 Å². The molecule has 0 aromatic heterocycles. The third kappa shape index (κ3) is 3.82. The van der Waals surface area contributed by atoms with Crippen LogP contribution in [0.4, 0.5) is 0 Å². The van der Waals surface area contributed by atoms with E-state index in [1.807, 2.05) is 6.07 Å². The molecule has 5 nitrogen and oxygen atoms in total. The Kier molecular flexibility index (Phi) is 6.07. The smallest absolute Gasteiger partial charge is 0.244 e. The first kappa shape index (κ1) is 16.7. The maximum Gasteiger partial charge on any atom is 0.244 e. The van der Waals surface area contributed by atoms with Gasteiger partial charge >= 0.3 is 0 Å². The van der Waals surface area contributed by atoms with Gasteiger partial charge in [0.05, 0.1) is 6.61 Å². The molecule has 0 unspecified atom stereocenters. The van der Waals surface area contributed by atoms with Crippen LogP contribution in [0.2, 0.25) is 0 Å². The second-order valence-corrected chi connectivity index (χ2v) is 6.64. The van der Waals surface area contributed by atoms with Crippen LogP contribution in [0.1, 0.15) is 5.56 Å². The molecule has 2 rings (SSSR count). The van der Waals surface area contributed by atoms with Crippen LogP contribution < -0.4 is 14.8 Å². The van der Waals surface area contributed by atoms with Crippen LogP contribution in [0.15, 0.2) is 21.5 Å². The molecule has 1 aromatic carbocycles. The molecule has 0 radical (unpaired) electrons. The first-order valence-electron chi connectivity index (χ1n) is 5.64. The van der Waals surface area contributed by atoms with Crippen molar-refractivity contribution in [3.8, 4) is 5.75 Å². The normalized spacial score (nSPS) is 13.6. The highest BCUT2D eigenvalue weighted by Gasteiger charge is 2.25. The number of benzene rings is 1. The number of fused-ring (bicyclic) bond motifs is 1. The molecule has 1 aromatic rings. The van der Waals surface area contributed by atoms with Crippen molar-refractivity contribution in [1.82, 2.24) is 10.0 Å². The standard InChI is InChI=1S/C11H15BrN2O3S.ClH/c1-13-3-4-14-18(15,16)10-7-9(12)6-8-2-5-17-11(8)10;/h6-7,13-14H,2-5H2,1H3;1H. The molecule has 0 fully saturated rings. The van der Waals surface area contributed by atoms with Crippen LogP contribution in [0, 0.1) is 0 Å². The summed E-state index contributed by atoms with van der Waals surface area (Å²) < 4.78 is 33.1. The van der Waals surface area contributed by atoms with Gasteiger partial charge in [0.25, 0.3) is 0 Å². The molecule has 0 aliphatic carbocycles. The van der Waals surface area contributed by atoms with Crippen molar-refractivity contribution in [3.05, 3.63) is 22.2 Å². The lowest BCUT2D eigenvalue weighted by Crippen LogP contribution is -2.30. The zero-order valence-electron chi connectivity index (χ0n) is 10.4. The molecule has 1 aliphatic rings. The van der Waals surface area contributed by atoms with Gasteiger partial charge in [-0.15, -0.1) is 12.4 Å². The molecule has 1 aliphatic heterocycles. The summed E-state index contributed by atoms with van der Waals surface area (Å²) >= 11 is 3.33. The average molecular weight is 372 g/mol. The summed E-state index contributed by atoms with van der Waals surface area (Å²) in [6.07, 6.45) is 0.744. The van der Waals surface area contributed by atoms with Gasteiger partial charge in [0.2, 0.25) is 10.0 Å². The largest absolute Gasteiger partial charge is 0.492 e. The van der Waals surface area contributed by atoms with Gasteiger partial charge in [-0.25, -0.2) is 13.1 Å². The highest BCUT2D eigenvalue weighted by atomic mass is 79.9. The quantitative estimate of drug-likeness (QED) is 0.766. The Morgan fingerprint density at radius 1 is 1.37 bits per heavy atom. The zero-order chi connectivity index (χ0) is 13.2. The van der Waals surface area contributed by atoms with Crippen LogP contribution in [0.5, 0.6) is 5.75 Å². The first-order chi connectivity index (χ1) is 8.54. The Labute approximate surface area is 127 Å². The van der Waals surface area contributed by atoms with Crippen LogP contribution in [0.3, 0.4) is 0 Å². The summed E-state index contributed by atoms with van der Waals surface area (Å²) in [6, 6.07) is 3.47. The van der Waals surface area contributed by atoms with Crippen molar-refractivity contribution < 1.29 is 13.2 Å². The molecule has 0 saturated carbocycles. The molecule has 0 saturated heterocycles. The van der Waals surface area contributed by atoms with E-state index in [9.17, 15) is 8.42 Å². The predicted molar refractivity (Wildman–Crippen MR) is 79.7 cm³/mol. The van der Waals surface area contributed by atoms with Crippen molar-refractivity contribution in [2.24, 2.45) is 0 Å². The second-order valence-electron chi connectivity index (χ2n) is 3.99. The molecule has 1 heterocycles. The van der Waals surface area contributed by atoms with Gasteiger partial charge in [0.1, 0.15) is 10.6 Å². The van der Waals surface area contributed by atoms with E-state index in [4.69, 9.17) is 4.74 Å². The third-order valence-corrected chi connectivity index (χ3v) is 4.60. The van der Waals surface area contributed by atoms with E-state index < -0.39 is 10.0 Å². The lowest BCUT2D eigenvalue weighted by Gasteiger charge is -2.11. The number of ether oxygens (including phenoxy) is 1. The number of hydrogen-bond acceptors (Lipinski definition) is 4. The summed E-state index contributed by atoms with van der Waals surface area (Å²) in [6.45, 7) is 1.46. The van der Waals surface area contributed by atoms with Crippen LogP contribution in [-0.2, 0) is 16.4 Å².